The highest BCUT2D eigenvalue weighted by molar-refractivity contribution is 6.65. The number of aromatic nitrogens is 1. The van der Waals surface area contributed by atoms with E-state index in [2.05, 4.69) is 4.98 Å². The third-order valence-electron chi connectivity index (χ3n) is 3.62. The number of carboxylic acid groups (broad SMARTS) is 1. The maximum atomic E-state index is 11.0. The average Bonchev–Trinajstić information content (AvgIpc) is 2.48. The van der Waals surface area contributed by atoms with Crippen molar-refractivity contribution in [1.82, 2.24) is 4.98 Å². The summed E-state index contributed by atoms with van der Waals surface area (Å²) in [5, 5.41) is 9.17. The van der Waals surface area contributed by atoms with E-state index in [1.165, 1.54) is 12.3 Å². The second kappa shape index (κ2) is 4.47. The fourth-order valence-corrected chi connectivity index (χ4v) is 1.91. The Bertz CT molecular complexity index is 516. The van der Waals surface area contributed by atoms with Gasteiger partial charge < -0.3 is 14.4 Å². The molecule has 1 N–H and O–H groups in total. The smallest absolute Gasteiger partial charge is 0.478 e. The Hall–Kier alpha value is -1.11. The molecule has 0 spiro atoms. The van der Waals surface area contributed by atoms with E-state index in [-0.39, 0.29) is 10.7 Å². The molecule has 1 aromatic heterocycles. The normalized spacial score (nSPS) is 20.6. The molecular weight excluding hydrogens is 268 g/mol. The van der Waals surface area contributed by atoms with Gasteiger partial charge in [-0.15, -0.1) is 0 Å². The molecule has 1 saturated heterocycles. The van der Waals surface area contributed by atoms with E-state index in [0.717, 1.165) is 0 Å². The van der Waals surface area contributed by atoms with Crippen molar-refractivity contribution in [2.24, 2.45) is 0 Å². The van der Waals surface area contributed by atoms with Crippen LogP contribution in [-0.2, 0) is 9.31 Å². The topological polar surface area (TPSA) is 68.7 Å². The van der Waals surface area contributed by atoms with Crippen LogP contribution in [0.25, 0.3) is 0 Å². The number of carbonyl (C=O) groups is 1. The molecular formula is C12H15BClNO4. The van der Waals surface area contributed by atoms with E-state index in [1.807, 2.05) is 27.7 Å². The molecule has 7 heteroatoms. The minimum absolute atomic E-state index is 0.0501. The van der Waals surface area contributed by atoms with Crippen molar-refractivity contribution in [3.8, 4) is 0 Å². The van der Waals surface area contributed by atoms with E-state index in [9.17, 15) is 4.79 Å². The van der Waals surface area contributed by atoms with Crippen LogP contribution in [0.3, 0.4) is 0 Å². The Morgan fingerprint density at radius 2 is 1.84 bits per heavy atom. The lowest BCUT2D eigenvalue weighted by atomic mass is 9.79. The van der Waals surface area contributed by atoms with Gasteiger partial charge in [0.2, 0.25) is 0 Å². The van der Waals surface area contributed by atoms with Gasteiger partial charge in [-0.3, -0.25) is 0 Å². The largest absolute Gasteiger partial charge is 0.498 e. The molecule has 0 aliphatic carbocycles. The molecule has 1 aliphatic heterocycles. The van der Waals surface area contributed by atoms with Crippen LogP contribution in [0.4, 0.5) is 0 Å². The second-order valence-corrected chi connectivity index (χ2v) is 5.86. The van der Waals surface area contributed by atoms with Crippen LogP contribution in [0.2, 0.25) is 5.15 Å². The van der Waals surface area contributed by atoms with Crippen LogP contribution in [-0.4, -0.2) is 34.4 Å². The minimum Gasteiger partial charge on any atom is -0.478 e. The first-order valence-electron chi connectivity index (χ1n) is 5.88. The number of pyridine rings is 1. The lowest BCUT2D eigenvalue weighted by Gasteiger charge is -2.32. The van der Waals surface area contributed by atoms with Crippen LogP contribution >= 0.6 is 11.6 Å². The molecule has 0 radical (unpaired) electrons. The Morgan fingerprint density at radius 3 is 2.32 bits per heavy atom. The number of hydrogen-bond acceptors (Lipinski definition) is 4. The first-order valence-corrected chi connectivity index (χ1v) is 6.26. The zero-order valence-corrected chi connectivity index (χ0v) is 12.0. The van der Waals surface area contributed by atoms with E-state index < -0.39 is 24.3 Å². The summed E-state index contributed by atoms with van der Waals surface area (Å²) in [5.74, 6) is -1.07. The van der Waals surface area contributed by atoms with Crippen molar-refractivity contribution in [2.75, 3.05) is 0 Å². The number of nitrogens with zero attached hydrogens (tertiary/aromatic N) is 1. The van der Waals surface area contributed by atoms with E-state index in [1.54, 1.807) is 0 Å². The second-order valence-electron chi connectivity index (χ2n) is 5.50. The molecule has 0 aromatic carbocycles. The molecule has 0 atom stereocenters. The lowest BCUT2D eigenvalue weighted by Crippen LogP contribution is -2.41. The van der Waals surface area contributed by atoms with Crippen LogP contribution in [0.5, 0.6) is 0 Å². The van der Waals surface area contributed by atoms with Gasteiger partial charge >= 0.3 is 13.1 Å². The third kappa shape index (κ3) is 2.48. The lowest BCUT2D eigenvalue weighted by molar-refractivity contribution is 0.00578. The van der Waals surface area contributed by atoms with Crippen molar-refractivity contribution in [3.05, 3.63) is 23.0 Å². The molecule has 5 nitrogen and oxygen atoms in total. The molecule has 2 heterocycles. The third-order valence-corrected chi connectivity index (χ3v) is 3.94. The Balaban J connectivity index is 2.39. The summed E-state index contributed by atoms with van der Waals surface area (Å²) in [6.45, 7) is 7.65. The number of halogens is 1. The molecule has 1 fully saturated rings. The Kier molecular flexibility index (Phi) is 3.37. The van der Waals surface area contributed by atoms with Crippen LogP contribution in [0, 0.1) is 0 Å². The van der Waals surface area contributed by atoms with Gasteiger partial charge in [0.1, 0.15) is 5.15 Å². The van der Waals surface area contributed by atoms with Gasteiger partial charge in [0.15, 0.2) is 0 Å². The van der Waals surface area contributed by atoms with Crippen LogP contribution in [0.15, 0.2) is 12.3 Å². The molecule has 0 saturated carbocycles. The first kappa shape index (κ1) is 14.3. The van der Waals surface area contributed by atoms with Crippen LogP contribution < -0.4 is 5.46 Å². The van der Waals surface area contributed by atoms with Gasteiger partial charge in [0.25, 0.3) is 0 Å². The molecule has 2 rings (SSSR count). The highest BCUT2D eigenvalue weighted by Crippen LogP contribution is 2.36. The van der Waals surface area contributed by atoms with Gasteiger partial charge in [-0.1, -0.05) is 11.6 Å². The summed E-state index contributed by atoms with van der Waals surface area (Å²) < 4.78 is 11.7. The maximum absolute atomic E-state index is 11.0. The zero-order valence-electron chi connectivity index (χ0n) is 11.2. The highest BCUT2D eigenvalue weighted by atomic mass is 35.5. The summed E-state index contributed by atoms with van der Waals surface area (Å²) in [7, 11) is -0.718. The van der Waals surface area contributed by atoms with Crippen molar-refractivity contribution >= 4 is 30.2 Å². The average molecular weight is 284 g/mol. The summed E-state index contributed by atoms with van der Waals surface area (Å²) >= 11 is 6.00. The zero-order chi connectivity index (χ0) is 14.4. The predicted molar refractivity (Wildman–Crippen MR) is 71.9 cm³/mol. The minimum atomic E-state index is -1.07. The maximum Gasteiger partial charge on any atom is 0.498 e. The molecule has 0 unspecified atom stereocenters. The van der Waals surface area contributed by atoms with Gasteiger partial charge in [0, 0.05) is 11.7 Å². The quantitative estimate of drug-likeness (QED) is 0.661. The monoisotopic (exact) mass is 283 g/mol. The number of aromatic carboxylic acids is 1. The van der Waals surface area contributed by atoms with Gasteiger partial charge in [-0.2, -0.15) is 0 Å². The van der Waals surface area contributed by atoms with Crippen molar-refractivity contribution in [3.63, 3.8) is 0 Å². The molecule has 0 bridgehead atoms. The van der Waals surface area contributed by atoms with Crippen molar-refractivity contribution in [1.29, 1.82) is 0 Å². The van der Waals surface area contributed by atoms with Crippen molar-refractivity contribution < 1.29 is 19.2 Å². The molecule has 0 amide bonds. The molecule has 1 aliphatic rings. The number of hydrogen-bond donors (Lipinski definition) is 1. The van der Waals surface area contributed by atoms with Gasteiger partial charge in [-0.25, -0.2) is 9.78 Å². The first-order chi connectivity index (χ1) is 8.64. The molecule has 102 valence electrons. The Labute approximate surface area is 117 Å². The SMILES string of the molecule is CC1(C)OB(c2cc(C(=O)O)cnc2Cl)OC1(C)C. The van der Waals surface area contributed by atoms with Crippen molar-refractivity contribution in [2.45, 2.75) is 38.9 Å². The fraction of sp³-hybridized carbons (Fsp3) is 0.500. The highest BCUT2D eigenvalue weighted by Gasteiger charge is 2.52. The summed E-state index contributed by atoms with van der Waals surface area (Å²) in [6, 6.07) is 1.43. The fourth-order valence-electron chi connectivity index (χ4n) is 1.72. The van der Waals surface area contributed by atoms with E-state index >= 15 is 0 Å². The van der Waals surface area contributed by atoms with E-state index in [0.29, 0.717) is 5.46 Å². The molecule has 19 heavy (non-hydrogen) atoms. The van der Waals surface area contributed by atoms with Gasteiger partial charge in [0.05, 0.1) is 16.8 Å². The predicted octanol–water partition coefficient (Wildman–Crippen LogP) is 1.73. The molecule has 1 aromatic rings. The van der Waals surface area contributed by atoms with Gasteiger partial charge in [-0.05, 0) is 33.8 Å². The van der Waals surface area contributed by atoms with Crippen LogP contribution in [0.1, 0.15) is 38.1 Å². The van der Waals surface area contributed by atoms with E-state index in [4.69, 9.17) is 26.0 Å². The summed E-state index contributed by atoms with van der Waals surface area (Å²) in [4.78, 5) is 14.8. The summed E-state index contributed by atoms with van der Waals surface area (Å²) in [6.07, 6.45) is 1.21. The summed E-state index contributed by atoms with van der Waals surface area (Å²) in [5.41, 5.74) is -0.546. The standard InChI is InChI=1S/C12H15BClNO4/c1-11(2)12(3,4)19-13(18-11)8-5-7(10(16)17)6-15-9(8)14/h5-6H,1-4H3,(H,16,17). The number of rotatable bonds is 2. The Morgan fingerprint density at radius 1 is 1.32 bits per heavy atom. The number of carboxylic acids is 1.